The van der Waals surface area contributed by atoms with Crippen molar-refractivity contribution in [1.29, 1.82) is 0 Å². The molecular weight excluding hydrogens is 391 g/mol. The summed E-state index contributed by atoms with van der Waals surface area (Å²) in [4.78, 5) is 2.42. The molecule has 5 nitrogen and oxygen atoms in total. The molecule has 1 heterocycles. The van der Waals surface area contributed by atoms with Gasteiger partial charge in [-0.2, -0.15) is 4.31 Å². The lowest BCUT2D eigenvalue weighted by molar-refractivity contribution is -0.00000921. The van der Waals surface area contributed by atoms with Crippen LogP contribution in [0.4, 0.5) is 4.39 Å². The second-order valence-corrected chi connectivity index (χ2v) is 8.15. The molecule has 0 aromatic heterocycles. The molecule has 1 saturated heterocycles. The average molecular weight is 414 g/mol. The first-order valence-electron chi connectivity index (χ1n) is 8.69. The summed E-state index contributed by atoms with van der Waals surface area (Å²) >= 11 is 0. The lowest BCUT2D eigenvalue weighted by Crippen LogP contribution is -3.00. The summed E-state index contributed by atoms with van der Waals surface area (Å²) in [7, 11) is -3.51. The Morgan fingerprint density at radius 3 is 2.30 bits per heavy atom. The molecule has 1 aliphatic heterocycles. The van der Waals surface area contributed by atoms with Crippen molar-refractivity contribution in [1.82, 2.24) is 9.21 Å². The van der Waals surface area contributed by atoms with Gasteiger partial charge in [0.05, 0.1) is 11.5 Å². The second-order valence-electron chi connectivity index (χ2n) is 6.21. The molecule has 148 valence electrons. The van der Waals surface area contributed by atoms with Gasteiger partial charge in [-0.1, -0.05) is 12.1 Å². The van der Waals surface area contributed by atoms with Crippen LogP contribution in [-0.4, -0.2) is 50.4 Å². The molecule has 1 aliphatic rings. The van der Waals surface area contributed by atoms with E-state index in [0.717, 1.165) is 5.56 Å². The van der Waals surface area contributed by atoms with Crippen LogP contribution in [0.25, 0.3) is 0 Å². The molecule has 8 heteroatoms. The predicted octanol–water partition coefficient (Wildman–Crippen LogP) is -0.265. The number of rotatable bonds is 6. The highest BCUT2D eigenvalue weighted by molar-refractivity contribution is 7.89. The number of halogens is 2. The van der Waals surface area contributed by atoms with Gasteiger partial charge in [0.25, 0.3) is 0 Å². The van der Waals surface area contributed by atoms with Gasteiger partial charge in [0.1, 0.15) is 11.6 Å². The lowest BCUT2D eigenvalue weighted by atomic mass is 10.2. The standard InChI is InChI=1S/C19H23FN2O3S.ClH/c1-2-25-18-6-8-19(9-7-18)26(23,24)22-12-10-21(11-13-22)15-16-4-3-5-17(20)14-16;/h3-9,14H,2,10-13,15H2,1H3;1H/p-1. The van der Waals surface area contributed by atoms with Crippen LogP contribution >= 0.6 is 0 Å². The van der Waals surface area contributed by atoms with Crippen LogP contribution in [0, 0.1) is 5.82 Å². The fraction of sp³-hybridized carbons (Fsp3) is 0.368. The normalized spacial score (nSPS) is 15.9. The summed E-state index contributed by atoms with van der Waals surface area (Å²) in [6, 6.07) is 13.0. The summed E-state index contributed by atoms with van der Waals surface area (Å²) in [6.45, 7) is 5.12. The highest BCUT2D eigenvalue weighted by Crippen LogP contribution is 2.21. The molecule has 1 fully saturated rings. The minimum absolute atomic E-state index is 0. The van der Waals surface area contributed by atoms with Gasteiger partial charge < -0.3 is 17.1 Å². The third-order valence-corrected chi connectivity index (χ3v) is 6.31. The largest absolute Gasteiger partial charge is 1.00 e. The van der Waals surface area contributed by atoms with Gasteiger partial charge in [-0.3, -0.25) is 4.90 Å². The molecule has 3 rings (SSSR count). The Morgan fingerprint density at radius 1 is 1.04 bits per heavy atom. The van der Waals surface area contributed by atoms with Crippen molar-refractivity contribution in [2.75, 3.05) is 32.8 Å². The van der Waals surface area contributed by atoms with E-state index in [1.54, 1.807) is 30.3 Å². The van der Waals surface area contributed by atoms with E-state index in [1.165, 1.54) is 16.4 Å². The van der Waals surface area contributed by atoms with Crippen molar-refractivity contribution >= 4 is 10.0 Å². The Kier molecular flexibility index (Phi) is 7.61. The van der Waals surface area contributed by atoms with Crippen LogP contribution in [0.1, 0.15) is 12.5 Å². The number of hydrogen-bond acceptors (Lipinski definition) is 4. The first-order valence-corrected chi connectivity index (χ1v) is 10.1. The van der Waals surface area contributed by atoms with Crippen LogP contribution in [0.2, 0.25) is 0 Å². The summed E-state index contributed by atoms with van der Waals surface area (Å²) in [6.07, 6.45) is 0. The van der Waals surface area contributed by atoms with E-state index in [4.69, 9.17) is 4.74 Å². The van der Waals surface area contributed by atoms with E-state index in [2.05, 4.69) is 4.90 Å². The van der Waals surface area contributed by atoms with E-state index in [1.807, 2.05) is 13.0 Å². The SMILES string of the molecule is CCOc1ccc(S(=O)(=O)N2CCN(Cc3cccc(F)c3)CC2)cc1.[Cl-]. The maximum Gasteiger partial charge on any atom is 0.243 e. The fourth-order valence-electron chi connectivity index (χ4n) is 3.05. The average Bonchev–Trinajstić information content (AvgIpc) is 2.63. The zero-order valence-electron chi connectivity index (χ0n) is 15.1. The zero-order chi connectivity index (χ0) is 18.6. The predicted molar refractivity (Wildman–Crippen MR) is 98.0 cm³/mol. The zero-order valence-corrected chi connectivity index (χ0v) is 16.7. The molecule has 0 atom stereocenters. The minimum Gasteiger partial charge on any atom is -1.00 e. The van der Waals surface area contributed by atoms with Crippen molar-refractivity contribution in [2.24, 2.45) is 0 Å². The fourth-order valence-corrected chi connectivity index (χ4v) is 4.47. The molecule has 2 aromatic rings. The van der Waals surface area contributed by atoms with Gasteiger partial charge in [-0.25, -0.2) is 12.8 Å². The molecule has 0 radical (unpaired) electrons. The molecule has 0 saturated carbocycles. The third-order valence-electron chi connectivity index (χ3n) is 4.40. The number of hydrogen-bond donors (Lipinski definition) is 0. The first-order chi connectivity index (χ1) is 12.5. The maximum atomic E-state index is 13.3. The van der Waals surface area contributed by atoms with Crippen molar-refractivity contribution in [3.05, 3.63) is 59.9 Å². The number of ether oxygens (including phenoxy) is 1. The van der Waals surface area contributed by atoms with E-state index < -0.39 is 10.0 Å². The van der Waals surface area contributed by atoms with Crippen LogP contribution in [0.15, 0.2) is 53.4 Å². The quantitative estimate of drug-likeness (QED) is 0.654. The Labute approximate surface area is 166 Å². The van der Waals surface area contributed by atoms with Crippen molar-refractivity contribution in [2.45, 2.75) is 18.4 Å². The Bertz CT molecular complexity index is 838. The molecule has 0 amide bonds. The van der Waals surface area contributed by atoms with E-state index in [0.29, 0.717) is 45.1 Å². The number of sulfonamides is 1. The van der Waals surface area contributed by atoms with E-state index in [9.17, 15) is 12.8 Å². The molecule has 0 aliphatic carbocycles. The molecule has 2 aromatic carbocycles. The summed E-state index contributed by atoms with van der Waals surface area (Å²) in [5.41, 5.74) is 0.896. The molecule has 0 bridgehead atoms. The number of nitrogens with zero attached hydrogens (tertiary/aromatic N) is 2. The summed E-state index contributed by atoms with van der Waals surface area (Å²) in [5, 5.41) is 0. The van der Waals surface area contributed by atoms with Crippen LogP contribution < -0.4 is 17.1 Å². The van der Waals surface area contributed by atoms with Gasteiger partial charge in [0.15, 0.2) is 0 Å². The van der Waals surface area contributed by atoms with Crippen molar-refractivity contribution in [3.63, 3.8) is 0 Å². The van der Waals surface area contributed by atoms with E-state index >= 15 is 0 Å². The summed E-state index contributed by atoms with van der Waals surface area (Å²) in [5.74, 6) is 0.408. The van der Waals surface area contributed by atoms with E-state index in [-0.39, 0.29) is 23.1 Å². The smallest absolute Gasteiger partial charge is 0.243 e. The molecule has 0 unspecified atom stereocenters. The van der Waals surface area contributed by atoms with Gasteiger partial charge in [0, 0.05) is 32.7 Å². The monoisotopic (exact) mass is 413 g/mol. The number of piperazine rings is 1. The first kappa shape index (κ1) is 21.6. The van der Waals surface area contributed by atoms with Gasteiger partial charge >= 0.3 is 0 Å². The Morgan fingerprint density at radius 2 is 1.70 bits per heavy atom. The van der Waals surface area contributed by atoms with Crippen molar-refractivity contribution in [3.8, 4) is 5.75 Å². The van der Waals surface area contributed by atoms with Gasteiger partial charge in [-0.15, -0.1) is 0 Å². The lowest BCUT2D eigenvalue weighted by Gasteiger charge is -2.34. The van der Waals surface area contributed by atoms with Crippen LogP contribution in [-0.2, 0) is 16.6 Å². The van der Waals surface area contributed by atoms with Crippen LogP contribution in [0.5, 0.6) is 5.75 Å². The topological polar surface area (TPSA) is 49.9 Å². The molecule has 0 N–H and O–H groups in total. The molecule has 0 spiro atoms. The van der Waals surface area contributed by atoms with Gasteiger partial charge in [0.2, 0.25) is 10.0 Å². The summed E-state index contributed by atoms with van der Waals surface area (Å²) < 4.78 is 45.7. The molecular formula is C19H23ClFN2O3S-. The third kappa shape index (κ3) is 5.42. The highest BCUT2D eigenvalue weighted by Gasteiger charge is 2.28. The van der Waals surface area contributed by atoms with Gasteiger partial charge in [-0.05, 0) is 48.9 Å². The maximum absolute atomic E-state index is 13.3. The minimum atomic E-state index is -3.51. The number of benzene rings is 2. The van der Waals surface area contributed by atoms with Crippen molar-refractivity contribution < 1.29 is 30.0 Å². The van der Waals surface area contributed by atoms with Crippen LogP contribution in [0.3, 0.4) is 0 Å². The second kappa shape index (κ2) is 9.50. The highest BCUT2D eigenvalue weighted by atomic mass is 35.5. The molecule has 27 heavy (non-hydrogen) atoms. The Balaban J connectivity index is 0.00000261. The Hall–Kier alpha value is -1.67.